The molecule has 0 spiro atoms. The summed E-state index contributed by atoms with van der Waals surface area (Å²) in [7, 11) is 3.07. The van der Waals surface area contributed by atoms with Crippen LogP contribution in [-0.4, -0.2) is 30.5 Å². The molecular weight excluding hydrogens is 364 g/mol. The van der Waals surface area contributed by atoms with Crippen LogP contribution in [0.1, 0.15) is 38.9 Å². The minimum Gasteiger partial charge on any atom is -0.497 e. The van der Waals surface area contributed by atoms with Gasteiger partial charge in [0, 0.05) is 18.3 Å². The molecule has 1 N–H and O–H groups in total. The number of hydrogen-bond donors (Lipinski definition) is 1. The lowest BCUT2D eigenvalue weighted by Crippen LogP contribution is -2.29. The maximum Gasteiger partial charge on any atom is 0.254 e. The minimum absolute atomic E-state index is 0.119. The number of nitrogens with one attached hydrogen (secondary N) is 1. The second-order valence-corrected chi connectivity index (χ2v) is 7.06. The van der Waals surface area contributed by atoms with E-state index in [4.69, 9.17) is 9.47 Å². The molecule has 1 aromatic carbocycles. The molecule has 0 saturated heterocycles. The monoisotopic (exact) mass is 382 g/mol. The topological polar surface area (TPSA) is 69.6 Å². The summed E-state index contributed by atoms with van der Waals surface area (Å²) in [4.78, 5) is 25.6. The van der Waals surface area contributed by atoms with Crippen LogP contribution in [0.2, 0.25) is 0 Å². The molecule has 7 heteroatoms. The molecule has 0 saturated carbocycles. The molecule has 0 radical (unpaired) electrons. The summed E-state index contributed by atoms with van der Waals surface area (Å²) in [6.45, 7) is 0. The van der Waals surface area contributed by atoms with Gasteiger partial charge in [-0.25, -0.2) is 0 Å². The molecule has 1 aliphatic rings. The van der Waals surface area contributed by atoms with E-state index in [0.717, 1.165) is 10.7 Å². The number of benzene rings is 1. The Kier molecular flexibility index (Phi) is 4.45. The highest BCUT2D eigenvalue weighted by atomic mass is 32.1. The standard InChI is InChI=1S/C20H18N2O4S/c1-25-12-5-6-18(26-2)14(10-12)17(23)11-15-16-4-3-8-22(16)20-13(7-9-27-20)19(24)21-15/h3-10,15H,11H2,1-2H3,(H,21,24). The van der Waals surface area contributed by atoms with Gasteiger partial charge < -0.3 is 19.4 Å². The SMILES string of the molecule is COc1ccc(OC)c(C(=O)CC2NC(=O)c3ccsc3-n3cccc32)c1. The van der Waals surface area contributed by atoms with Gasteiger partial charge in [-0.2, -0.15) is 0 Å². The first-order valence-corrected chi connectivity index (χ1v) is 9.31. The Labute approximate surface area is 160 Å². The number of fused-ring (bicyclic) bond motifs is 3. The van der Waals surface area contributed by atoms with Crippen molar-refractivity contribution in [1.82, 2.24) is 9.88 Å². The van der Waals surface area contributed by atoms with Crippen molar-refractivity contribution in [1.29, 1.82) is 0 Å². The molecule has 0 fully saturated rings. The molecule has 138 valence electrons. The van der Waals surface area contributed by atoms with Crippen molar-refractivity contribution in [3.8, 4) is 16.5 Å². The lowest BCUT2D eigenvalue weighted by molar-refractivity contribution is 0.0913. The van der Waals surface area contributed by atoms with Crippen LogP contribution in [0.4, 0.5) is 0 Å². The molecule has 6 nitrogen and oxygen atoms in total. The van der Waals surface area contributed by atoms with E-state index in [0.29, 0.717) is 22.6 Å². The molecule has 3 heterocycles. The predicted octanol–water partition coefficient (Wildman–Crippen LogP) is 3.61. The van der Waals surface area contributed by atoms with Crippen LogP contribution in [0.3, 0.4) is 0 Å². The van der Waals surface area contributed by atoms with Gasteiger partial charge in [-0.05, 0) is 41.8 Å². The maximum absolute atomic E-state index is 13.0. The van der Waals surface area contributed by atoms with Crippen LogP contribution in [-0.2, 0) is 0 Å². The number of amides is 1. The Morgan fingerprint density at radius 3 is 2.85 bits per heavy atom. The third kappa shape index (κ3) is 3.00. The molecule has 2 aromatic heterocycles. The zero-order valence-electron chi connectivity index (χ0n) is 14.9. The number of thiophene rings is 1. The smallest absolute Gasteiger partial charge is 0.254 e. The van der Waals surface area contributed by atoms with Gasteiger partial charge in [0.05, 0.1) is 31.4 Å². The van der Waals surface area contributed by atoms with Gasteiger partial charge in [-0.1, -0.05) is 0 Å². The molecule has 1 amide bonds. The van der Waals surface area contributed by atoms with Crippen LogP contribution in [0.5, 0.6) is 11.5 Å². The van der Waals surface area contributed by atoms with Crippen LogP contribution in [0.15, 0.2) is 48.0 Å². The lowest BCUT2D eigenvalue weighted by atomic mass is 10.0. The number of methoxy groups -OCH3 is 2. The number of carbonyl (C=O) groups is 2. The van der Waals surface area contributed by atoms with Gasteiger partial charge in [-0.15, -0.1) is 11.3 Å². The number of aromatic nitrogens is 1. The van der Waals surface area contributed by atoms with Crippen molar-refractivity contribution >= 4 is 23.0 Å². The zero-order chi connectivity index (χ0) is 19.0. The van der Waals surface area contributed by atoms with E-state index in [2.05, 4.69) is 5.32 Å². The van der Waals surface area contributed by atoms with E-state index in [1.54, 1.807) is 31.4 Å². The van der Waals surface area contributed by atoms with Crippen LogP contribution < -0.4 is 14.8 Å². The third-order valence-electron chi connectivity index (χ3n) is 4.65. The van der Waals surface area contributed by atoms with Gasteiger partial charge in [0.15, 0.2) is 5.78 Å². The molecule has 1 unspecified atom stereocenters. The molecule has 1 atom stereocenters. The molecule has 27 heavy (non-hydrogen) atoms. The summed E-state index contributed by atoms with van der Waals surface area (Å²) in [5.74, 6) is 0.754. The second-order valence-electron chi connectivity index (χ2n) is 6.16. The number of ether oxygens (including phenoxy) is 2. The summed E-state index contributed by atoms with van der Waals surface area (Å²) >= 11 is 1.50. The van der Waals surface area contributed by atoms with Crippen molar-refractivity contribution in [3.63, 3.8) is 0 Å². The van der Waals surface area contributed by atoms with Crippen molar-refractivity contribution in [2.75, 3.05) is 14.2 Å². The van der Waals surface area contributed by atoms with E-state index in [-0.39, 0.29) is 18.1 Å². The van der Waals surface area contributed by atoms with Gasteiger partial charge >= 0.3 is 0 Å². The Morgan fingerprint density at radius 2 is 2.07 bits per heavy atom. The van der Waals surface area contributed by atoms with Gasteiger partial charge in [0.1, 0.15) is 16.5 Å². The molecule has 0 bridgehead atoms. The van der Waals surface area contributed by atoms with Gasteiger partial charge in [-0.3, -0.25) is 9.59 Å². The fraction of sp³-hybridized carbons (Fsp3) is 0.200. The van der Waals surface area contributed by atoms with Crippen molar-refractivity contribution < 1.29 is 19.1 Å². The highest BCUT2D eigenvalue weighted by Gasteiger charge is 2.29. The number of rotatable bonds is 5. The van der Waals surface area contributed by atoms with Gasteiger partial charge in [0.25, 0.3) is 5.91 Å². The number of carbonyl (C=O) groups excluding carboxylic acids is 2. The molecule has 3 aromatic rings. The number of hydrogen-bond acceptors (Lipinski definition) is 5. The summed E-state index contributed by atoms with van der Waals surface area (Å²) in [6, 6.07) is 10.3. The van der Waals surface area contributed by atoms with E-state index >= 15 is 0 Å². The predicted molar refractivity (Wildman–Crippen MR) is 102 cm³/mol. The summed E-state index contributed by atoms with van der Waals surface area (Å²) < 4.78 is 12.5. The van der Waals surface area contributed by atoms with Gasteiger partial charge in [0.2, 0.25) is 0 Å². The van der Waals surface area contributed by atoms with Crippen LogP contribution in [0.25, 0.3) is 5.00 Å². The van der Waals surface area contributed by atoms with E-state index in [9.17, 15) is 9.59 Å². The zero-order valence-corrected chi connectivity index (χ0v) is 15.7. The Morgan fingerprint density at radius 1 is 1.22 bits per heavy atom. The Bertz CT molecular complexity index is 1020. The maximum atomic E-state index is 13.0. The molecular formula is C20H18N2O4S. The number of ketones is 1. The Hall–Kier alpha value is -3.06. The third-order valence-corrected chi connectivity index (χ3v) is 5.56. The number of nitrogens with zero attached hydrogens (tertiary/aromatic N) is 1. The average Bonchev–Trinajstić information content (AvgIpc) is 3.33. The van der Waals surface area contributed by atoms with Crippen LogP contribution in [0, 0.1) is 0 Å². The normalized spacial score (nSPS) is 15.3. The summed E-state index contributed by atoms with van der Waals surface area (Å²) in [6.07, 6.45) is 2.03. The summed E-state index contributed by atoms with van der Waals surface area (Å²) in [5, 5.41) is 5.74. The Balaban J connectivity index is 1.68. The highest BCUT2D eigenvalue weighted by Crippen LogP contribution is 2.33. The quantitative estimate of drug-likeness (QED) is 0.685. The molecule has 0 aliphatic carbocycles. The fourth-order valence-corrected chi connectivity index (χ4v) is 4.22. The first kappa shape index (κ1) is 17.4. The average molecular weight is 382 g/mol. The van der Waals surface area contributed by atoms with E-state index < -0.39 is 6.04 Å². The molecule has 4 rings (SSSR count). The van der Waals surface area contributed by atoms with Crippen molar-refractivity contribution in [2.45, 2.75) is 12.5 Å². The van der Waals surface area contributed by atoms with Crippen molar-refractivity contribution in [3.05, 3.63) is 64.8 Å². The number of Topliss-reactive ketones (excluding diaryl/α,β-unsaturated/α-hetero) is 1. The van der Waals surface area contributed by atoms with Crippen molar-refractivity contribution in [2.24, 2.45) is 0 Å². The largest absolute Gasteiger partial charge is 0.497 e. The highest BCUT2D eigenvalue weighted by molar-refractivity contribution is 7.13. The minimum atomic E-state index is -0.435. The first-order chi connectivity index (χ1) is 13.1. The lowest BCUT2D eigenvalue weighted by Gasteiger charge is -2.18. The first-order valence-electron chi connectivity index (χ1n) is 8.43. The van der Waals surface area contributed by atoms with E-state index in [1.807, 2.05) is 28.3 Å². The fourth-order valence-electron chi connectivity index (χ4n) is 3.32. The van der Waals surface area contributed by atoms with E-state index in [1.165, 1.54) is 18.4 Å². The molecule has 1 aliphatic heterocycles. The second kappa shape index (κ2) is 6.92. The summed E-state index contributed by atoms with van der Waals surface area (Å²) in [5.41, 5.74) is 1.93. The van der Waals surface area contributed by atoms with Crippen LogP contribution >= 0.6 is 11.3 Å².